The highest BCUT2D eigenvalue weighted by atomic mass is 16.2. The summed E-state index contributed by atoms with van der Waals surface area (Å²) in [4.78, 5) is 30.1. The van der Waals surface area contributed by atoms with Crippen LogP contribution in [0.1, 0.15) is 59.7 Å². The van der Waals surface area contributed by atoms with Gasteiger partial charge in [0.2, 0.25) is 0 Å². The van der Waals surface area contributed by atoms with Crippen LogP contribution in [0.4, 0.5) is 5.69 Å². The molecule has 6 heteroatoms. The van der Waals surface area contributed by atoms with Gasteiger partial charge in [0.15, 0.2) is 0 Å². The van der Waals surface area contributed by atoms with Crippen LogP contribution in [0.5, 0.6) is 0 Å². The number of rotatable bonds is 4. The average Bonchev–Trinajstić information content (AvgIpc) is 3.59. The van der Waals surface area contributed by atoms with Gasteiger partial charge in [0.1, 0.15) is 0 Å². The first-order valence-corrected chi connectivity index (χ1v) is 16.8. The molecule has 0 aliphatic carbocycles. The number of carbonyl (C=O) groups is 2. The van der Waals surface area contributed by atoms with E-state index in [0.29, 0.717) is 33.6 Å². The number of anilines is 1. The Hall–Kier alpha value is -6.76. The number of fused-ring (bicyclic) bond motifs is 4. The first-order valence-electron chi connectivity index (χ1n) is 16.8. The Morgan fingerprint density at radius 2 is 1.00 bits per heavy atom. The quantitative estimate of drug-likeness (QED) is 0.176. The zero-order valence-electron chi connectivity index (χ0n) is 28.9. The highest BCUT2D eigenvalue weighted by molar-refractivity contribution is 6.36. The molecule has 0 saturated carbocycles. The van der Waals surface area contributed by atoms with Crippen LogP contribution in [0.3, 0.4) is 0 Å². The number of carbonyl (C=O) groups excluding carboxylic acids is 2. The molecule has 2 heterocycles. The molecule has 0 radical (unpaired) electrons. The van der Waals surface area contributed by atoms with Gasteiger partial charge >= 0.3 is 0 Å². The molecule has 0 saturated heterocycles. The van der Waals surface area contributed by atoms with E-state index in [1.165, 1.54) is 4.90 Å². The third kappa shape index (κ3) is 4.69. The summed E-state index contributed by atoms with van der Waals surface area (Å²) in [5.74, 6) is -0.690. The zero-order chi connectivity index (χ0) is 35.7. The summed E-state index contributed by atoms with van der Waals surface area (Å²) >= 11 is 0. The van der Waals surface area contributed by atoms with Gasteiger partial charge in [-0.25, -0.2) is 4.90 Å². The summed E-state index contributed by atoms with van der Waals surface area (Å²) in [5, 5.41) is 21.2. The van der Waals surface area contributed by atoms with Crippen LogP contribution in [0.15, 0.2) is 103 Å². The van der Waals surface area contributed by atoms with E-state index in [4.69, 9.17) is 0 Å². The van der Waals surface area contributed by atoms with Gasteiger partial charge in [-0.1, -0.05) is 60.2 Å². The first kappa shape index (κ1) is 31.5. The van der Waals surface area contributed by atoms with E-state index in [1.807, 2.05) is 107 Å². The standard InChI is InChI=1S/C45H32N4O2/c1-25-19-28(4)43(29(5)20-25)49-44(50)36-11-8-14-39(42(36)45(49)51)48-37-12-6-9-34(32-17-15-30(23-46)21-26(32)2)40(37)41-35(10-7-13-38(41)48)33-18-16-31(24-47)22-27(33)3/h6-22H,1-5H3. The lowest BCUT2D eigenvalue weighted by molar-refractivity contribution is 0.0925. The molecule has 1 aliphatic rings. The largest absolute Gasteiger partial charge is 0.308 e. The first-order chi connectivity index (χ1) is 24.6. The lowest BCUT2D eigenvalue weighted by Gasteiger charge is -2.20. The van der Waals surface area contributed by atoms with E-state index >= 15 is 0 Å². The maximum absolute atomic E-state index is 14.6. The lowest BCUT2D eigenvalue weighted by Crippen LogP contribution is -2.31. The maximum Gasteiger partial charge on any atom is 0.268 e. The molecule has 51 heavy (non-hydrogen) atoms. The SMILES string of the molecule is Cc1cc(C)c(N2C(=O)c3cccc(-n4c5cccc(-c6ccc(C#N)cc6C)c5c5c(-c6ccc(C#N)cc6C)cccc54)c3C2=O)c(C)c1. The van der Waals surface area contributed by atoms with Gasteiger partial charge in [-0.15, -0.1) is 0 Å². The van der Waals surface area contributed by atoms with Crippen molar-refractivity contribution in [2.24, 2.45) is 0 Å². The second kappa shape index (κ2) is 11.7. The molecular weight excluding hydrogens is 629 g/mol. The highest BCUT2D eigenvalue weighted by Gasteiger charge is 2.40. The van der Waals surface area contributed by atoms with Crippen LogP contribution < -0.4 is 4.90 Å². The van der Waals surface area contributed by atoms with Crippen molar-refractivity contribution in [2.45, 2.75) is 34.6 Å². The van der Waals surface area contributed by atoms with Crippen molar-refractivity contribution in [3.8, 4) is 40.1 Å². The molecule has 1 aliphatic heterocycles. The third-order valence-corrected chi connectivity index (χ3v) is 10.1. The van der Waals surface area contributed by atoms with Crippen molar-refractivity contribution in [1.82, 2.24) is 4.57 Å². The molecule has 0 unspecified atom stereocenters. The molecule has 0 fully saturated rings. The Morgan fingerprint density at radius 3 is 1.49 bits per heavy atom. The summed E-state index contributed by atoms with van der Waals surface area (Å²) in [6.45, 7) is 9.90. The van der Waals surface area contributed by atoms with Crippen LogP contribution in [-0.4, -0.2) is 16.4 Å². The molecule has 8 rings (SSSR count). The Labute approximate surface area is 296 Å². The van der Waals surface area contributed by atoms with Crippen LogP contribution in [-0.2, 0) is 0 Å². The normalized spacial score (nSPS) is 12.4. The van der Waals surface area contributed by atoms with Gasteiger partial charge < -0.3 is 4.57 Å². The van der Waals surface area contributed by atoms with Crippen LogP contribution in [0, 0.1) is 57.3 Å². The predicted molar refractivity (Wildman–Crippen MR) is 202 cm³/mol. The molecule has 6 nitrogen and oxygen atoms in total. The highest BCUT2D eigenvalue weighted by Crippen LogP contribution is 2.46. The number of aryl methyl sites for hydroxylation is 5. The molecular formula is C45H32N4O2. The molecule has 0 N–H and O–H groups in total. The Morgan fingerprint density at radius 1 is 0.510 bits per heavy atom. The molecule has 244 valence electrons. The predicted octanol–water partition coefficient (Wildman–Crippen LogP) is 10.2. The van der Waals surface area contributed by atoms with E-state index in [1.54, 1.807) is 6.07 Å². The van der Waals surface area contributed by atoms with E-state index < -0.39 is 0 Å². The molecule has 7 aromatic rings. The van der Waals surface area contributed by atoms with Crippen molar-refractivity contribution < 1.29 is 9.59 Å². The van der Waals surface area contributed by atoms with Gasteiger partial charge in [0, 0.05) is 10.8 Å². The van der Waals surface area contributed by atoms with E-state index in [-0.39, 0.29) is 11.8 Å². The number of nitriles is 2. The average molecular weight is 661 g/mol. The summed E-state index contributed by atoms with van der Waals surface area (Å²) in [7, 11) is 0. The fraction of sp³-hybridized carbons (Fsp3) is 0.111. The van der Waals surface area contributed by atoms with E-state index in [2.05, 4.69) is 41.0 Å². The minimum atomic E-state index is -0.353. The molecule has 2 amide bonds. The molecule has 1 aromatic heterocycles. The number of hydrogen-bond acceptors (Lipinski definition) is 4. The number of hydrogen-bond donors (Lipinski definition) is 0. The minimum Gasteiger partial charge on any atom is -0.308 e. The van der Waals surface area contributed by atoms with Crippen molar-refractivity contribution in [2.75, 3.05) is 4.90 Å². The van der Waals surface area contributed by atoms with Crippen molar-refractivity contribution in [3.63, 3.8) is 0 Å². The Bertz CT molecular complexity index is 2630. The van der Waals surface area contributed by atoms with Gasteiger partial charge in [-0.3, -0.25) is 9.59 Å². The summed E-state index contributed by atoms with van der Waals surface area (Å²) in [5.41, 5.74) is 13.6. The minimum absolute atomic E-state index is 0.338. The maximum atomic E-state index is 14.6. The second-order valence-corrected chi connectivity index (χ2v) is 13.4. The van der Waals surface area contributed by atoms with E-state index in [9.17, 15) is 20.1 Å². The van der Waals surface area contributed by atoms with Gasteiger partial charge in [0.25, 0.3) is 11.8 Å². The van der Waals surface area contributed by atoms with Crippen LogP contribution >= 0.6 is 0 Å². The Kier molecular flexibility index (Phi) is 7.22. The monoisotopic (exact) mass is 660 g/mol. The molecule has 0 atom stereocenters. The lowest BCUT2D eigenvalue weighted by atomic mass is 9.91. The smallest absolute Gasteiger partial charge is 0.268 e. The third-order valence-electron chi connectivity index (χ3n) is 10.1. The fourth-order valence-electron chi connectivity index (χ4n) is 8.07. The number of imide groups is 1. The topological polar surface area (TPSA) is 89.9 Å². The van der Waals surface area contributed by atoms with E-state index in [0.717, 1.165) is 71.9 Å². The van der Waals surface area contributed by atoms with Crippen molar-refractivity contribution in [3.05, 3.63) is 153 Å². The molecule has 0 spiro atoms. The van der Waals surface area contributed by atoms with Gasteiger partial charge in [-0.05, 0) is 128 Å². The summed E-state index contributed by atoms with van der Waals surface area (Å²) in [6, 6.07) is 37.8. The zero-order valence-corrected chi connectivity index (χ0v) is 28.9. The van der Waals surface area contributed by atoms with Gasteiger partial charge in [0.05, 0.1) is 56.8 Å². The van der Waals surface area contributed by atoms with Crippen molar-refractivity contribution >= 4 is 39.3 Å². The Balaban J connectivity index is 1.47. The molecule has 6 aromatic carbocycles. The fourth-order valence-corrected chi connectivity index (χ4v) is 8.07. The van der Waals surface area contributed by atoms with Gasteiger partial charge in [-0.2, -0.15) is 10.5 Å². The molecule has 0 bridgehead atoms. The van der Waals surface area contributed by atoms with Crippen molar-refractivity contribution in [1.29, 1.82) is 10.5 Å². The number of aromatic nitrogens is 1. The number of nitrogens with zero attached hydrogens (tertiary/aromatic N) is 4. The summed E-state index contributed by atoms with van der Waals surface area (Å²) < 4.78 is 2.11. The number of benzene rings is 6. The second-order valence-electron chi connectivity index (χ2n) is 13.4. The number of amides is 2. The van der Waals surface area contributed by atoms with Crippen LogP contribution in [0.2, 0.25) is 0 Å². The van der Waals surface area contributed by atoms with Crippen LogP contribution in [0.25, 0.3) is 49.7 Å². The summed E-state index contributed by atoms with van der Waals surface area (Å²) in [6.07, 6.45) is 0.